The maximum atomic E-state index is 11.2. The molecular weight excluding hydrogens is 142 g/mol. The highest BCUT2D eigenvalue weighted by atomic mass is 16.5. The quantitative estimate of drug-likeness (QED) is 0.581. The number of carbonyl (C=O) groups is 1. The fourth-order valence-corrected chi connectivity index (χ4v) is 1.16. The number of carbonyl (C=O) groups excluding carboxylic acids is 1. The van der Waals surface area contributed by atoms with Crippen LogP contribution in [0.3, 0.4) is 0 Å². The number of hydrogen-bond acceptors (Lipinski definition) is 3. The van der Waals surface area contributed by atoms with Crippen LogP contribution in [0.4, 0.5) is 0 Å². The van der Waals surface area contributed by atoms with Crippen molar-refractivity contribution in [3.05, 3.63) is 12.2 Å². The molecule has 0 amide bonds. The third-order valence-corrected chi connectivity index (χ3v) is 1.75. The molecule has 0 saturated carbocycles. The minimum absolute atomic E-state index is 0.0162. The van der Waals surface area contributed by atoms with E-state index in [1.165, 1.54) is 6.08 Å². The van der Waals surface area contributed by atoms with Crippen LogP contribution in [-0.4, -0.2) is 24.5 Å². The number of hydrogen-bond donors (Lipinski definition) is 1. The second kappa shape index (κ2) is 3.64. The minimum atomic E-state index is -0.397. The summed E-state index contributed by atoms with van der Waals surface area (Å²) in [4.78, 5) is 11.2. The Morgan fingerprint density at radius 3 is 2.91 bits per heavy atom. The van der Waals surface area contributed by atoms with Crippen molar-refractivity contribution in [2.45, 2.75) is 25.5 Å². The summed E-state index contributed by atoms with van der Waals surface area (Å²) in [5.41, 5.74) is 5.63. The number of ketones is 1. The molecule has 3 heteroatoms. The molecule has 1 rings (SSSR count). The zero-order valence-corrected chi connectivity index (χ0v) is 6.62. The zero-order chi connectivity index (χ0) is 8.27. The molecule has 1 saturated heterocycles. The van der Waals surface area contributed by atoms with Gasteiger partial charge in [-0.25, -0.2) is 0 Å². The van der Waals surface area contributed by atoms with Crippen molar-refractivity contribution in [3.8, 4) is 0 Å². The van der Waals surface area contributed by atoms with Gasteiger partial charge in [0.1, 0.15) is 6.10 Å². The predicted octanol–water partition coefficient (Wildman–Crippen LogP) is 0.248. The molecule has 1 aliphatic heterocycles. The Morgan fingerprint density at radius 1 is 1.73 bits per heavy atom. The summed E-state index contributed by atoms with van der Waals surface area (Å²) in [6.45, 7) is 2.41. The standard InChI is InChI=1S/C8H13NO2/c1-2-3-7(10)8-6(9)4-5-11-8/h2-3,6,8H,4-5,9H2,1H3/b3-2+/t6-,8+/m0/s1. The van der Waals surface area contributed by atoms with E-state index in [2.05, 4.69) is 0 Å². The summed E-state index contributed by atoms with van der Waals surface area (Å²) in [6.07, 6.45) is 3.60. The molecule has 11 heavy (non-hydrogen) atoms. The third kappa shape index (κ3) is 1.88. The second-order valence-corrected chi connectivity index (χ2v) is 2.65. The Kier molecular flexibility index (Phi) is 2.79. The topological polar surface area (TPSA) is 52.3 Å². The first-order valence-corrected chi connectivity index (χ1v) is 3.79. The van der Waals surface area contributed by atoms with Gasteiger partial charge in [0.05, 0.1) is 0 Å². The van der Waals surface area contributed by atoms with Gasteiger partial charge in [0.25, 0.3) is 0 Å². The molecule has 2 atom stereocenters. The lowest BCUT2D eigenvalue weighted by atomic mass is 10.1. The molecule has 0 bridgehead atoms. The predicted molar refractivity (Wildman–Crippen MR) is 42.2 cm³/mol. The SMILES string of the molecule is C/C=C/C(=O)[C@@H]1OCC[C@@H]1N. The van der Waals surface area contributed by atoms with Gasteiger partial charge < -0.3 is 10.5 Å². The lowest BCUT2D eigenvalue weighted by Gasteiger charge is -2.09. The molecular formula is C8H13NO2. The Bertz CT molecular complexity index is 177. The summed E-state index contributed by atoms with van der Waals surface area (Å²) >= 11 is 0. The van der Waals surface area contributed by atoms with Crippen molar-refractivity contribution in [3.63, 3.8) is 0 Å². The van der Waals surface area contributed by atoms with Gasteiger partial charge in [0, 0.05) is 12.6 Å². The lowest BCUT2D eigenvalue weighted by molar-refractivity contribution is -0.123. The maximum absolute atomic E-state index is 11.2. The monoisotopic (exact) mass is 155 g/mol. The Labute approximate surface area is 66.2 Å². The molecule has 1 fully saturated rings. The molecule has 1 heterocycles. The van der Waals surface area contributed by atoms with E-state index in [0.29, 0.717) is 6.61 Å². The highest BCUT2D eigenvalue weighted by molar-refractivity contribution is 5.94. The first-order chi connectivity index (χ1) is 5.25. The molecule has 0 unspecified atom stereocenters. The molecule has 0 aromatic heterocycles. The van der Waals surface area contributed by atoms with Gasteiger partial charge in [0.2, 0.25) is 0 Å². The van der Waals surface area contributed by atoms with Gasteiger partial charge in [-0.05, 0) is 19.4 Å². The molecule has 3 nitrogen and oxygen atoms in total. The van der Waals surface area contributed by atoms with Crippen LogP contribution in [0.2, 0.25) is 0 Å². The van der Waals surface area contributed by atoms with Crippen LogP contribution >= 0.6 is 0 Å². The normalized spacial score (nSPS) is 31.5. The molecule has 0 spiro atoms. The average molecular weight is 155 g/mol. The van der Waals surface area contributed by atoms with E-state index in [1.54, 1.807) is 13.0 Å². The van der Waals surface area contributed by atoms with Crippen molar-refractivity contribution in [2.75, 3.05) is 6.61 Å². The summed E-state index contributed by atoms with van der Waals surface area (Å²) in [5, 5.41) is 0. The van der Waals surface area contributed by atoms with Crippen molar-refractivity contribution >= 4 is 5.78 Å². The largest absolute Gasteiger partial charge is 0.368 e. The number of allylic oxidation sites excluding steroid dienone is 1. The highest BCUT2D eigenvalue weighted by Gasteiger charge is 2.29. The van der Waals surface area contributed by atoms with Crippen molar-refractivity contribution in [1.29, 1.82) is 0 Å². The van der Waals surface area contributed by atoms with Crippen LogP contribution in [-0.2, 0) is 9.53 Å². The average Bonchev–Trinajstić information content (AvgIpc) is 2.36. The number of nitrogens with two attached hydrogens (primary N) is 1. The van der Waals surface area contributed by atoms with Gasteiger partial charge in [-0.2, -0.15) is 0 Å². The van der Waals surface area contributed by atoms with E-state index in [4.69, 9.17) is 10.5 Å². The lowest BCUT2D eigenvalue weighted by Crippen LogP contribution is -2.35. The Hall–Kier alpha value is -0.670. The molecule has 2 N–H and O–H groups in total. The van der Waals surface area contributed by atoms with E-state index in [0.717, 1.165) is 6.42 Å². The van der Waals surface area contributed by atoms with Crippen LogP contribution in [0.5, 0.6) is 0 Å². The smallest absolute Gasteiger partial charge is 0.185 e. The Morgan fingerprint density at radius 2 is 2.45 bits per heavy atom. The van der Waals surface area contributed by atoms with E-state index in [9.17, 15) is 4.79 Å². The maximum Gasteiger partial charge on any atom is 0.185 e. The van der Waals surface area contributed by atoms with Gasteiger partial charge >= 0.3 is 0 Å². The first-order valence-electron chi connectivity index (χ1n) is 3.79. The zero-order valence-electron chi connectivity index (χ0n) is 6.62. The van der Waals surface area contributed by atoms with E-state index < -0.39 is 6.10 Å². The highest BCUT2D eigenvalue weighted by Crippen LogP contribution is 2.12. The van der Waals surface area contributed by atoms with E-state index in [-0.39, 0.29) is 11.8 Å². The van der Waals surface area contributed by atoms with Crippen LogP contribution < -0.4 is 5.73 Å². The molecule has 62 valence electrons. The Balaban J connectivity index is 2.52. The van der Waals surface area contributed by atoms with Crippen LogP contribution in [0.25, 0.3) is 0 Å². The molecule has 0 radical (unpaired) electrons. The summed E-state index contributed by atoms with van der Waals surface area (Å²) in [6, 6.07) is -0.112. The van der Waals surface area contributed by atoms with Crippen molar-refractivity contribution in [1.82, 2.24) is 0 Å². The van der Waals surface area contributed by atoms with Crippen LogP contribution in [0, 0.1) is 0 Å². The molecule has 0 aromatic carbocycles. The number of ether oxygens (including phenoxy) is 1. The van der Waals surface area contributed by atoms with E-state index in [1.807, 2.05) is 0 Å². The molecule has 0 aliphatic carbocycles. The van der Waals surface area contributed by atoms with Crippen LogP contribution in [0.1, 0.15) is 13.3 Å². The fourth-order valence-electron chi connectivity index (χ4n) is 1.16. The molecule has 1 aliphatic rings. The summed E-state index contributed by atoms with van der Waals surface area (Å²) < 4.78 is 5.15. The van der Waals surface area contributed by atoms with Crippen molar-refractivity contribution in [2.24, 2.45) is 5.73 Å². The first kappa shape index (κ1) is 8.43. The van der Waals surface area contributed by atoms with Gasteiger partial charge in [-0.15, -0.1) is 0 Å². The number of rotatable bonds is 2. The van der Waals surface area contributed by atoms with Gasteiger partial charge in [-0.3, -0.25) is 4.79 Å². The molecule has 0 aromatic rings. The summed E-state index contributed by atoms with van der Waals surface area (Å²) in [5.74, 6) is -0.0162. The third-order valence-electron chi connectivity index (χ3n) is 1.75. The van der Waals surface area contributed by atoms with Crippen LogP contribution in [0.15, 0.2) is 12.2 Å². The minimum Gasteiger partial charge on any atom is -0.368 e. The summed E-state index contributed by atoms with van der Waals surface area (Å²) in [7, 11) is 0. The fraction of sp³-hybridized carbons (Fsp3) is 0.625. The van der Waals surface area contributed by atoms with Gasteiger partial charge in [-0.1, -0.05) is 6.08 Å². The van der Waals surface area contributed by atoms with Gasteiger partial charge in [0.15, 0.2) is 5.78 Å². The van der Waals surface area contributed by atoms with E-state index >= 15 is 0 Å². The second-order valence-electron chi connectivity index (χ2n) is 2.65. The van der Waals surface area contributed by atoms with Crippen molar-refractivity contribution < 1.29 is 9.53 Å².